The summed E-state index contributed by atoms with van der Waals surface area (Å²) in [6, 6.07) is 5.27. The molecule has 5 nitrogen and oxygen atoms in total. The van der Waals surface area contributed by atoms with E-state index in [1.807, 2.05) is 0 Å². The largest absolute Gasteiger partial charge is 0.484 e. The molecule has 0 bridgehead atoms. The van der Waals surface area contributed by atoms with E-state index in [2.05, 4.69) is 5.32 Å². The molecule has 0 spiro atoms. The summed E-state index contributed by atoms with van der Waals surface area (Å²) in [6.45, 7) is 0.362. The Kier molecular flexibility index (Phi) is 3.99. The topological polar surface area (TPSA) is 58.6 Å². The first-order valence-electron chi connectivity index (χ1n) is 5.96. The van der Waals surface area contributed by atoms with Gasteiger partial charge in [0.05, 0.1) is 6.04 Å². The van der Waals surface area contributed by atoms with Gasteiger partial charge < -0.3 is 15.0 Å². The van der Waals surface area contributed by atoms with Gasteiger partial charge in [-0.15, -0.1) is 0 Å². The highest BCUT2D eigenvalue weighted by atomic mass is 19.1. The highest BCUT2D eigenvalue weighted by Gasteiger charge is 2.27. The third kappa shape index (κ3) is 3.67. The number of carbonyl (C=O) groups excluding carboxylic acids is 2. The molecule has 1 atom stereocenters. The summed E-state index contributed by atoms with van der Waals surface area (Å²) in [6.07, 6.45) is 0.318. The van der Waals surface area contributed by atoms with Gasteiger partial charge in [-0.25, -0.2) is 4.39 Å². The van der Waals surface area contributed by atoms with Crippen LogP contribution in [0, 0.1) is 5.82 Å². The second-order valence-electron chi connectivity index (χ2n) is 4.49. The van der Waals surface area contributed by atoms with E-state index in [-0.39, 0.29) is 30.3 Å². The number of nitrogens with one attached hydrogen (secondary N) is 1. The minimum Gasteiger partial charge on any atom is -0.484 e. The molecule has 1 fully saturated rings. The van der Waals surface area contributed by atoms with Gasteiger partial charge in [0.15, 0.2) is 6.61 Å². The van der Waals surface area contributed by atoms with E-state index in [0.29, 0.717) is 18.7 Å². The van der Waals surface area contributed by atoms with Gasteiger partial charge in [0.25, 0.3) is 5.91 Å². The number of rotatable bonds is 4. The van der Waals surface area contributed by atoms with Crippen molar-refractivity contribution in [3.63, 3.8) is 0 Å². The number of nitrogens with zero attached hydrogens (tertiary/aromatic N) is 1. The third-order valence-electron chi connectivity index (χ3n) is 2.89. The van der Waals surface area contributed by atoms with Gasteiger partial charge in [-0.05, 0) is 24.3 Å². The Labute approximate surface area is 110 Å². The second-order valence-corrected chi connectivity index (χ2v) is 4.49. The van der Waals surface area contributed by atoms with Crippen LogP contribution >= 0.6 is 0 Å². The van der Waals surface area contributed by atoms with Crippen LogP contribution in [0.25, 0.3) is 0 Å². The van der Waals surface area contributed by atoms with E-state index < -0.39 is 0 Å². The molecule has 0 radical (unpaired) electrons. The summed E-state index contributed by atoms with van der Waals surface area (Å²) >= 11 is 0. The number of hydrogen-bond donors (Lipinski definition) is 1. The zero-order valence-corrected chi connectivity index (χ0v) is 10.6. The van der Waals surface area contributed by atoms with Crippen molar-refractivity contribution in [3.05, 3.63) is 30.1 Å². The number of ether oxygens (including phenoxy) is 1. The van der Waals surface area contributed by atoms with Gasteiger partial charge >= 0.3 is 0 Å². The van der Waals surface area contributed by atoms with Crippen LogP contribution in [0.15, 0.2) is 24.3 Å². The highest BCUT2D eigenvalue weighted by molar-refractivity contribution is 5.82. The Hall–Kier alpha value is -2.11. The number of amides is 2. The van der Waals surface area contributed by atoms with Crippen LogP contribution in [0.1, 0.15) is 6.42 Å². The molecule has 1 saturated heterocycles. The molecule has 102 valence electrons. The predicted octanol–water partition coefficient (Wildman–Crippen LogP) is 0.551. The lowest BCUT2D eigenvalue weighted by atomic mass is 10.2. The maximum Gasteiger partial charge on any atom is 0.258 e. The standard InChI is InChI=1S/C13H15FN2O3/c1-16-7-10(6-13(16)18)15-12(17)8-19-11-4-2-9(14)3-5-11/h2-5,10H,6-8H2,1H3,(H,15,17). The molecule has 0 saturated carbocycles. The first-order valence-corrected chi connectivity index (χ1v) is 5.96. The molecule has 1 aromatic rings. The Morgan fingerprint density at radius 2 is 2.16 bits per heavy atom. The van der Waals surface area contributed by atoms with Crippen molar-refractivity contribution in [1.82, 2.24) is 10.2 Å². The zero-order chi connectivity index (χ0) is 13.8. The van der Waals surface area contributed by atoms with E-state index in [1.54, 1.807) is 11.9 Å². The highest BCUT2D eigenvalue weighted by Crippen LogP contribution is 2.11. The molecular formula is C13H15FN2O3. The zero-order valence-electron chi connectivity index (χ0n) is 10.6. The van der Waals surface area contributed by atoms with Crippen molar-refractivity contribution in [1.29, 1.82) is 0 Å². The SMILES string of the molecule is CN1CC(NC(=O)COc2ccc(F)cc2)CC1=O. The fourth-order valence-electron chi connectivity index (χ4n) is 1.91. The predicted molar refractivity (Wildman–Crippen MR) is 66.1 cm³/mol. The van der Waals surface area contributed by atoms with E-state index >= 15 is 0 Å². The molecule has 19 heavy (non-hydrogen) atoms. The van der Waals surface area contributed by atoms with E-state index in [9.17, 15) is 14.0 Å². The summed E-state index contributed by atoms with van der Waals surface area (Å²) in [4.78, 5) is 24.5. The van der Waals surface area contributed by atoms with E-state index in [1.165, 1.54) is 24.3 Å². The van der Waals surface area contributed by atoms with Crippen molar-refractivity contribution in [2.75, 3.05) is 20.2 Å². The number of likely N-dealkylation sites (N-methyl/N-ethyl adjacent to an activating group) is 1. The van der Waals surface area contributed by atoms with Crippen LogP contribution in [0.2, 0.25) is 0 Å². The van der Waals surface area contributed by atoms with Crippen molar-refractivity contribution in [2.24, 2.45) is 0 Å². The molecule has 6 heteroatoms. The fourth-order valence-corrected chi connectivity index (χ4v) is 1.91. The quantitative estimate of drug-likeness (QED) is 0.866. The molecule has 0 aromatic heterocycles. The number of benzene rings is 1. The molecule has 1 aliphatic heterocycles. The van der Waals surface area contributed by atoms with Crippen molar-refractivity contribution >= 4 is 11.8 Å². The Morgan fingerprint density at radius 3 is 2.74 bits per heavy atom. The van der Waals surface area contributed by atoms with Crippen LogP contribution in [0.4, 0.5) is 4.39 Å². The summed E-state index contributed by atoms with van der Waals surface area (Å²) < 4.78 is 17.9. The molecule has 2 amide bonds. The molecule has 1 aromatic carbocycles. The first-order chi connectivity index (χ1) is 9.04. The minimum atomic E-state index is -0.357. The van der Waals surface area contributed by atoms with Crippen molar-refractivity contribution in [2.45, 2.75) is 12.5 Å². The second kappa shape index (κ2) is 5.69. The molecule has 0 aliphatic carbocycles. The van der Waals surface area contributed by atoms with Gasteiger partial charge in [0.1, 0.15) is 11.6 Å². The lowest BCUT2D eigenvalue weighted by Crippen LogP contribution is -2.39. The average molecular weight is 266 g/mol. The summed E-state index contributed by atoms with van der Waals surface area (Å²) in [7, 11) is 1.70. The van der Waals surface area contributed by atoms with Gasteiger partial charge in [-0.1, -0.05) is 0 Å². The minimum absolute atomic E-state index is 0.0183. The monoisotopic (exact) mass is 266 g/mol. The van der Waals surface area contributed by atoms with E-state index in [4.69, 9.17) is 4.74 Å². The Balaban J connectivity index is 1.76. The lowest BCUT2D eigenvalue weighted by molar-refractivity contribution is -0.126. The van der Waals surface area contributed by atoms with Gasteiger partial charge in [-0.3, -0.25) is 9.59 Å². The molecule has 1 N–H and O–H groups in total. The van der Waals surface area contributed by atoms with Gasteiger partial charge in [0.2, 0.25) is 5.91 Å². The first kappa shape index (κ1) is 13.3. The molecule has 1 unspecified atom stereocenters. The maximum absolute atomic E-state index is 12.7. The van der Waals surface area contributed by atoms with Crippen LogP contribution in [0.3, 0.4) is 0 Å². The number of halogens is 1. The molecule has 2 rings (SSSR count). The Morgan fingerprint density at radius 1 is 1.47 bits per heavy atom. The van der Waals surface area contributed by atoms with Crippen LogP contribution in [0.5, 0.6) is 5.75 Å². The number of hydrogen-bond acceptors (Lipinski definition) is 3. The van der Waals surface area contributed by atoms with Crippen LogP contribution < -0.4 is 10.1 Å². The van der Waals surface area contributed by atoms with Crippen LogP contribution in [-0.2, 0) is 9.59 Å². The number of carbonyl (C=O) groups is 2. The third-order valence-corrected chi connectivity index (χ3v) is 2.89. The smallest absolute Gasteiger partial charge is 0.258 e. The number of likely N-dealkylation sites (tertiary alicyclic amines) is 1. The van der Waals surface area contributed by atoms with Gasteiger partial charge in [0, 0.05) is 20.0 Å². The fraction of sp³-hybridized carbons (Fsp3) is 0.385. The molecular weight excluding hydrogens is 251 g/mol. The molecule has 1 aliphatic rings. The Bertz CT molecular complexity index is 475. The van der Waals surface area contributed by atoms with Crippen LogP contribution in [-0.4, -0.2) is 43.0 Å². The normalized spacial score (nSPS) is 18.5. The summed E-state index contributed by atoms with van der Waals surface area (Å²) in [5.41, 5.74) is 0. The summed E-state index contributed by atoms with van der Waals surface area (Å²) in [5, 5.41) is 2.72. The maximum atomic E-state index is 12.7. The van der Waals surface area contributed by atoms with E-state index in [0.717, 1.165) is 0 Å². The van der Waals surface area contributed by atoms with Gasteiger partial charge in [-0.2, -0.15) is 0 Å². The lowest BCUT2D eigenvalue weighted by Gasteiger charge is -2.12. The van der Waals surface area contributed by atoms with Crippen molar-refractivity contribution in [3.8, 4) is 5.75 Å². The summed E-state index contributed by atoms with van der Waals surface area (Å²) in [5.74, 6) is -0.206. The average Bonchev–Trinajstić information content (AvgIpc) is 2.67. The van der Waals surface area contributed by atoms with Crippen molar-refractivity contribution < 1.29 is 18.7 Å². The molecule has 1 heterocycles.